The molecule has 4 heteroatoms. The number of pyridine rings is 1. The van der Waals surface area contributed by atoms with Crippen LogP contribution in [0.5, 0.6) is 11.6 Å². The van der Waals surface area contributed by atoms with Crippen molar-refractivity contribution in [1.82, 2.24) is 4.98 Å². The molecule has 0 saturated carbocycles. The van der Waals surface area contributed by atoms with Gasteiger partial charge < -0.3 is 4.74 Å². The molecule has 0 aliphatic carbocycles. The Morgan fingerprint density at radius 2 is 1.94 bits per heavy atom. The molecule has 0 amide bonds. The average Bonchev–Trinajstić information content (AvgIpc) is 2.33. The van der Waals surface area contributed by atoms with E-state index in [1.807, 2.05) is 0 Å². The number of aromatic nitrogens is 1. The van der Waals surface area contributed by atoms with Gasteiger partial charge in [0.15, 0.2) is 6.29 Å². The van der Waals surface area contributed by atoms with Crippen LogP contribution < -0.4 is 4.74 Å². The second kappa shape index (κ2) is 4.53. The van der Waals surface area contributed by atoms with Crippen LogP contribution in [0.4, 0.5) is 4.39 Å². The van der Waals surface area contributed by atoms with Crippen molar-refractivity contribution in [2.75, 3.05) is 0 Å². The minimum atomic E-state index is -0.344. The van der Waals surface area contributed by atoms with Gasteiger partial charge in [0.05, 0.1) is 5.56 Å². The number of nitrogens with zero attached hydrogens (tertiary/aromatic N) is 1. The van der Waals surface area contributed by atoms with E-state index < -0.39 is 0 Å². The summed E-state index contributed by atoms with van der Waals surface area (Å²) >= 11 is 0. The third kappa shape index (κ3) is 2.23. The highest BCUT2D eigenvalue weighted by molar-refractivity contribution is 5.78. The maximum absolute atomic E-state index is 12.6. The zero-order chi connectivity index (χ0) is 11.4. The van der Waals surface area contributed by atoms with Crippen LogP contribution >= 0.6 is 0 Å². The lowest BCUT2D eigenvalue weighted by atomic mass is 10.3. The summed E-state index contributed by atoms with van der Waals surface area (Å²) in [6, 6.07) is 8.73. The molecule has 0 unspecified atom stereocenters. The Hall–Kier alpha value is -2.23. The number of rotatable bonds is 3. The van der Waals surface area contributed by atoms with E-state index in [1.165, 1.54) is 30.5 Å². The highest BCUT2D eigenvalue weighted by Gasteiger charge is 2.04. The zero-order valence-corrected chi connectivity index (χ0v) is 8.26. The molecule has 0 N–H and O–H groups in total. The first kappa shape index (κ1) is 10.3. The van der Waals surface area contributed by atoms with Crippen molar-refractivity contribution in [3.05, 3.63) is 54.0 Å². The molecule has 0 fully saturated rings. The van der Waals surface area contributed by atoms with Crippen LogP contribution in [0, 0.1) is 5.82 Å². The number of carbonyl (C=O) groups is 1. The number of hydrogen-bond acceptors (Lipinski definition) is 3. The van der Waals surface area contributed by atoms with Crippen LogP contribution in [0.15, 0.2) is 42.6 Å². The molecule has 16 heavy (non-hydrogen) atoms. The lowest BCUT2D eigenvalue weighted by Crippen LogP contribution is -1.92. The van der Waals surface area contributed by atoms with E-state index in [1.54, 1.807) is 12.1 Å². The Kier molecular flexibility index (Phi) is 2.91. The Morgan fingerprint density at radius 3 is 2.62 bits per heavy atom. The number of carbonyl (C=O) groups excluding carboxylic acids is 1. The number of benzene rings is 1. The van der Waals surface area contributed by atoms with Crippen molar-refractivity contribution >= 4 is 6.29 Å². The summed E-state index contributed by atoms with van der Waals surface area (Å²) < 4.78 is 18.0. The summed E-state index contributed by atoms with van der Waals surface area (Å²) in [4.78, 5) is 14.6. The molecular formula is C12H8FNO2. The third-order valence-electron chi connectivity index (χ3n) is 1.96. The first-order valence-corrected chi connectivity index (χ1v) is 4.63. The lowest BCUT2D eigenvalue weighted by molar-refractivity contribution is 0.112. The van der Waals surface area contributed by atoms with Crippen LogP contribution in [0.1, 0.15) is 10.4 Å². The summed E-state index contributed by atoms with van der Waals surface area (Å²) in [5.41, 5.74) is 0.354. The topological polar surface area (TPSA) is 39.2 Å². The second-order valence-corrected chi connectivity index (χ2v) is 3.07. The van der Waals surface area contributed by atoms with Crippen molar-refractivity contribution in [2.24, 2.45) is 0 Å². The third-order valence-corrected chi connectivity index (χ3v) is 1.96. The second-order valence-electron chi connectivity index (χ2n) is 3.07. The van der Waals surface area contributed by atoms with Crippen LogP contribution in [0.25, 0.3) is 0 Å². The van der Waals surface area contributed by atoms with E-state index in [0.717, 1.165) is 0 Å². The van der Waals surface area contributed by atoms with E-state index in [9.17, 15) is 9.18 Å². The summed E-state index contributed by atoms with van der Waals surface area (Å²) in [5.74, 6) is 0.302. The fraction of sp³-hybridized carbons (Fsp3) is 0. The van der Waals surface area contributed by atoms with Gasteiger partial charge in [-0.05, 0) is 36.4 Å². The summed E-state index contributed by atoms with van der Waals surface area (Å²) in [7, 11) is 0. The summed E-state index contributed by atoms with van der Waals surface area (Å²) in [6.45, 7) is 0. The number of hydrogen-bond donors (Lipinski definition) is 0. The highest BCUT2D eigenvalue weighted by atomic mass is 19.1. The maximum Gasteiger partial charge on any atom is 0.229 e. The van der Waals surface area contributed by atoms with Crippen molar-refractivity contribution in [1.29, 1.82) is 0 Å². The minimum absolute atomic E-state index is 0.212. The van der Waals surface area contributed by atoms with Crippen LogP contribution in [-0.4, -0.2) is 11.3 Å². The first-order valence-electron chi connectivity index (χ1n) is 4.63. The molecule has 0 spiro atoms. The van der Waals surface area contributed by atoms with E-state index in [-0.39, 0.29) is 11.7 Å². The van der Waals surface area contributed by atoms with Crippen molar-refractivity contribution in [3.8, 4) is 11.6 Å². The SMILES string of the molecule is O=Cc1cccnc1Oc1ccc(F)cc1. The van der Waals surface area contributed by atoms with Gasteiger partial charge in [0.1, 0.15) is 11.6 Å². The molecule has 2 rings (SSSR count). The quantitative estimate of drug-likeness (QED) is 0.742. The maximum atomic E-state index is 12.6. The Balaban J connectivity index is 2.26. The van der Waals surface area contributed by atoms with E-state index in [0.29, 0.717) is 17.6 Å². The molecule has 1 heterocycles. The largest absolute Gasteiger partial charge is 0.438 e. The lowest BCUT2D eigenvalue weighted by Gasteiger charge is -2.05. The smallest absolute Gasteiger partial charge is 0.229 e. The average molecular weight is 217 g/mol. The van der Waals surface area contributed by atoms with Crippen LogP contribution in [-0.2, 0) is 0 Å². The Labute approximate surface area is 91.5 Å². The Bertz CT molecular complexity index is 497. The molecule has 0 aliphatic rings. The van der Waals surface area contributed by atoms with Crippen LogP contribution in [0.2, 0.25) is 0 Å². The van der Waals surface area contributed by atoms with E-state index in [4.69, 9.17) is 4.74 Å². The molecule has 1 aromatic heterocycles. The van der Waals surface area contributed by atoms with Gasteiger partial charge in [0, 0.05) is 6.20 Å². The highest BCUT2D eigenvalue weighted by Crippen LogP contribution is 2.21. The first-order chi connectivity index (χ1) is 7.79. The molecule has 0 bridgehead atoms. The van der Waals surface area contributed by atoms with Gasteiger partial charge in [0.25, 0.3) is 0 Å². The molecule has 0 atom stereocenters. The fourth-order valence-electron chi connectivity index (χ4n) is 1.19. The molecule has 80 valence electrons. The van der Waals surface area contributed by atoms with Crippen molar-refractivity contribution < 1.29 is 13.9 Å². The standard InChI is InChI=1S/C12H8FNO2/c13-10-3-5-11(6-4-10)16-12-9(8-15)2-1-7-14-12/h1-8H. The normalized spacial score (nSPS) is 9.81. The van der Waals surface area contributed by atoms with Crippen LogP contribution in [0.3, 0.4) is 0 Å². The van der Waals surface area contributed by atoms with E-state index in [2.05, 4.69) is 4.98 Å². The molecule has 0 saturated heterocycles. The zero-order valence-electron chi connectivity index (χ0n) is 8.26. The molecule has 0 radical (unpaired) electrons. The van der Waals surface area contributed by atoms with Crippen molar-refractivity contribution in [3.63, 3.8) is 0 Å². The van der Waals surface area contributed by atoms with Gasteiger partial charge in [-0.2, -0.15) is 0 Å². The predicted octanol–water partition coefficient (Wildman–Crippen LogP) is 2.83. The Morgan fingerprint density at radius 1 is 1.19 bits per heavy atom. The molecule has 2 aromatic rings. The monoisotopic (exact) mass is 217 g/mol. The number of aldehydes is 1. The fourth-order valence-corrected chi connectivity index (χ4v) is 1.19. The molecule has 0 aliphatic heterocycles. The molecule has 1 aromatic carbocycles. The number of halogens is 1. The van der Waals surface area contributed by atoms with Gasteiger partial charge in [-0.3, -0.25) is 4.79 Å². The van der Waals surface area contributed by atoms with E-state index >= 15 is 0 Å². The van der Waals surface area contributed by atoms with Gasteiger partial charge in [0.2, 0.25) is 5.88 Å². The van der Waals surface area contributed by atoms with Gasteiger partial charge in [-0.25, -0.2) is 9.37 Å². The summed E-state index contributed by atoms with van der Waals surface area (Å²) in [6.07, 6.45) is 2.18. The van der Waals surface area contributed by atoms with Gasteiger partial charge >= 0.3 is 0 Å². The molecular weight excluding hydrogens is 209 g/mol. The summed E-state index contributed by atoms with van der Waals surface area (Å²) in [5, 5.41) is 0. The predicted molar refractivity (Wildman–Crippen MR) is 56.1 cm³/mol. The van der Waals surface area contributed by atoms with Gasteiger partial charge in [-0.1, -0.05) is 0 Å². The van der Waals surface area contributed by atoms with Crippen molar-refractivity contribution in [2.45, 2.75) is 0 Å². The molecule has 3 nitrogen and oxygen atoms in total. The minimum Gasteiger partial charge on any atom is -0.438 e. The number of ether oxygens (including phenoxy) is 1. The van der Waals surface area contributed by atoms with Gasteiger partial charge in [-0.15, -0.1) is 0 Å².